The van der Waals surface area contributed by atoms with Gasteiger partial charge in [-0.25, -0.2) is 4.79 Å². The van der Waals surface area contributed by atoms with Gasteiger partial charge in [-0.3, -0.25) is 9.59 Å². The fourth-order valence-electron chi connectivity index (χ4n) is 4.61. The quantitative estimate of drug-likeness (QED) is 0.517. The van der Waals surface area contributed by atoms with E-state index in [2.05, 4.69) is 5.32 Å². The Hall–Kier alpha value is -2.64. The van der Waals surface area contributed by atoms with Crippen molar-refractivity contribution in [2.45, 2.75) is 13.3 Å². The van der Waals surface area contributed by atoms with Crippen molar-refractivity contribution >= 4 is 45.8 Å². The molecular weight excluding hydrogens is 426 g/mol. The van der Waals surface area contributed by atoms with Gasteiger partial charge in [0.1, 0.15) is 10.6 Å². The molecule has 30 heavy (non-hydrogen) atoms. The molecule has 4 atom stereocenters. The average molecular weight is 446 g/mol. The van der Waals surface area contributed by atoms with Crippen LogP contribution in [0, 0.1) is 30.6 Å². The summed E-state index contributed by atoms with van der Waals surface area (Å²) >= 11 is 7.26. The van der Waals surface area contributed by atoms with Gasteiger partial charge in [0.05, 0.1) is 18.9 Å². The molecule has 0 saturated heterocycles. The molecule has 4 rings (SSSR count). The fourth-order valence-corrected chi connectivity index (χ4v) is 5.80. The van der Waals surface area contributed by atoms with E-state index in [4.69, 9.17) is 16.3 Å². The number of aliphatic carboxylic acids is 1. The van der Waals surface area contributed by atoms with Gasteiger partial charge in [0.15, 0.2) is 0 Å². The van der Waals surface area contributed by atoms with Gasteiger partial charge in [-0.1, -0.05) is 35.9 Å². The molecule has 8 heteroatoms. The largest absolute Gasteiger partial charge is 0.481 e. The summed E-state index contributed by atoms with van der Waals surface area (Å²) in [4.78, 5) is 38.3. The van der Waals surface area contributed by atoms with E-state index in [1.807, 2.05) is 19.1 Å². The monoisotopic (exact) mass is 445 g/mol. The Bertz CT molecular complexity index is 1060. The van der Waals surface area contributed by atoms with Crippen LogP contribution in [-0.2, 0) is 14.3 Å². The lowest BCUT2D eigenvalue weighted by Crippen LogP contribution is -2.36. The van der Waals surface area contributed by atoms with Crippen LogP contribution in [0.3, 0.4) is 0 Å². The lowest BCUT2D eigenvalue weighted by atomic mass is 9.82. The number of allylic oxidation sites excluding steroid dienone is 2. The highest BCUT2D eigenvalue weighted by Crippen LogP contribution is 2.49. The van der Waals surface area contributed by atoms with Crippen LogP contribution < -0.4 is 5.32 Å². The lowest BCUT2D eigenvalue weighted by Gasteiger charge is -2.23. The lowest BCUT2D eigenvalue weighted by molar-refractivity contribution is -0.146. The summed E-state index contributed by atoms with van der Waals surface area (Å²) in [5.41, 5.74) is 1.71. The Balaban J connectivity index is 1.71. The fraction of sp³-hybridized carbons (Fsp3) is 0.318. The molecule has 1 aromatic heterocycles. The maximum atomic E-state index is 13.1. The molecule has 6 nitrogen and oxygen atoms in total. The number of amides is 1. The van der Waals surface area contributed by atoms with E-state index in [0.29, 0.717) is 22.0 Å². The Labute approximate surface area is 182 Å². The topological polar surface area (TPSA) is 92.7 Å². The smallest absolute Gasteiger partial charge is 0.341 e. The Morgan fingerprint density at radius 2 is 1.77 bits per heavy atom. The summed E-state index contributed by atoms with van der Waals surface area (Å²) in [5.74, 6) is -3.56. The average Bonchev–Trinajstić information content (AvgIpc) is 3.41. The van der Waals surface area contributed by atoms with Crippen molar-refractivity contribution < 1.29 is 24.2 Å². The number of methoxy groups -OCH3 is 1. The molecule has 0 spiro atoms. The summed E-state index contributed by atoms with van der Waals surface area (Å²) in [6.07, 6.45) is 4.48. The second kappa shape index (κ2) is 7.89. The Kier molecular flexibility index (Phi) is 5.42. The van der Waals surface area contributed by atoms with Crippen molar-refractivity contribution in [1.82, 2.24) is 0 Å². The van der Waals surface area contributed by atoms with Gasteiger partial charge in [0.25, 0.3) is 0 Å². The Morgan fingerprint density at radius 3 is 2.37 bits per heavy atom. The number of rotatable bonds is 5. The van der Waals surface area contributed by atoms with Gasteiger partial charge in [0.2, 0.25) is 5.91 Å². The van der Waals surface area contributed by atoms with E-state index in [1.54, 1.807) is 24.3 Å². The first-order chi connectivity index (χ1) is 14.3. The number of benzene rings is 1. The number of thiophene rings is 1. The van der Waals surface area contributed by atoms with Crippen LogP contribution in [0.5, 0.6) is 0 Å². The molecule has 2 bridgehead atoms. The van der Waals surface area contributed by atoms with Crippen molar-refractivity contribution in [1.29, 1.82) is 0 Å². The van der Waals surface area contributed by atoms with E-state index in [0.717, 1.165) is 10.4 Å². The molecule has 2 N–H and O–H groups in total. The van der Waals surface area contributed by atoms with E-state index in [-0.39, 0.29) is 23.3 Å². The van der Waals surface area contributed by atoms with Crippen LogP contribution in [0.15, 0.2) is 36.4 Å². The summed E-state index contributed by atoms with van der Waals surface area (Å²) < 4.78 is 4.98. The van der Waals surface area contributed by atoms with Gasteiger partial charge in [0, 0.05) is 15.5 Å². The van der Waals surface area contributed by atoms with Gasteiger partial charge < -0.3 is 15.2 Å². The first-order valence-electron chi connectivity index (χ1n) is 9.51. The third-order valence-electron chi connectivity index (χ3n) is 5.89. The van der Waals surface area contributed by atoms with Crippen molar-refractivity contribution in [3.05, 3.63) is 51.9 Å². The molecule has 1 heterocycles. The van der Waals surface area contributed by atoms with E-state index in [9.17, 15) is 19.5 Å². The van der Waals surface area contributed by atoms with Gasteiger partial charge in [-0.2, -0.15) is 0 Å². The number of hydrogen-bond donors (Lipinski definition) is 2. The maximum absolute atomic E-state index is 13.1. The minimum atomic E-state index is -0.968. The van der Waals surface area contributed by atoms with Crippen LogP contribution in [0.1, 0.15) is 21.7 Å². The number of carbonyl (C=O) groups is 3. The van der Waals surface area contributed by atoms with Crippen molar-refractivity contribution in [3.8, 4) is 11.1 Å². The number of hydrogen-bond acceptors (Lipinski definition) is 5. The molecule has 0 radical (unpaired) electrons. The zero-order valence-electron chi connectivity index (χ0n) is 16.3. The summed E-state index contributed by atoms with van der Waals surface area (Å²) in [6, 6.07) is 7.06. The number of carboxylic acid groups (broad SMARTS) is 1. The number of esters is 1. The molecule has 0 unspecified atom stereocenters. The number of nitrogens with one attached hydrogen (secondary N) is 1. The van der Waals surface area contributed by atoms with Crippen LogP contribution >= 0.6 is 22.9 Å². The minimum absolute atomic E-state index is 0.102. The molecule has 2 aliphatic rings. The number of fused-ring (bicyclic) bond motifs is 2. The molecule has 156 valence electrons. The number of halogens is 1. The zero-order valence-corrected chi connectivity index (χ0v) is 17.9. The molecular formula is C22H20ClNO5S. The number of carbonyl (C=O) groups excluding carboxylic acids is 2. The van der Waals surface area contributed by atoms with Crippen LogP contribution in [0.25, 0.3) is 11.1 Å². The number of ether oxygens (including phenoxy) is 1. The van der Waals surface area contributed by atoms with Crippen LogP contribution in [0.2, 0.25) is 5.02 Å². The first kappa shape index (κ1) is 20.6. The normalized spacial score (nSPS) is 24.1. The predicted octanol–water partition coefficient (Wildman–Crippen LogP) is 4.62. The van der Waals surface area contributed by atoms with E-state index >= 15 is 0 Å². The number of carboxylic acids is 1. The summed E-state index contributed by atoms with van der Waals surface area (Å²) in [7, 11) is 1.29. The van der Waals surface area contributed by atoms with Crippen LogP contribution in [0.4, 0.5) is 5.00 Å². The predicted molar refractivity (Wildman–Crippen MR) is 115 cm³/mol. The number of aryl methyl sites for hydroxylation is 1. The molecule has 2 aliphatic carbocycles. The van der Waals surface area contributed by atoms with Crippen LogP contribution in [-0.4, -0.2) is 30.1 Å². The van der Waals surface area contributed by atoms with Gasteiger partial charge in [-0.05, 0) is 42.9 Å². The Morgan fingerprint density at radius 1 is 1.13 bits per heavy atom. The van der Waals surface area contributed by atoms with Gasteiger partial charge >= 0.3 is 11.9 Å². The third-order valence-corrected chi connectivity index (χ3v) is 7.16. The number of anilines is 1. The van der Waals surface area contributed by atoms with E-state index in [1.165, 1.54) is 18.4 Å². The van der Waals surface area contributed by atoms with E-state index < -0.39 is 23.8 Å². The highest BCUT2D eigenvalue weighted by atomic mass is 35.5. The second-order valence-electron chi connectivity index (χ2n) is 7.56. The summed E-state index contributed by atoms with van der Waals surface area (Å²) in [6.45, 7) is 1.86. The molecule has 1 amide bonds. The minimum Gasteiger partial charge on any atom is -0.481 e. The standard InChI is InChI=1S/C22H20ClNO5S/c1-10-15(11-5-7-14(23)8-6-11)18(22(28)29-2)20(30-10)24-19(25)16-12-3-4-13(9-12)17(16)21(26)27/h3-8,12-13,16-17H,9H2,1-2H3,(H,24,25)(H,26,27)/t12-,13-,16-,17+/m0/s1. The molecule has 1 fully saturated rings. The van der Waals surface area contributed by atoms with Crippen molar-refractivity contribution in [2.75, 3.05) is 12.4 Å². The van der Waals surface area contributed by atoms with Gasteiger partial charge in [-0.15, -0.1) is 11.3 Å². The first-order valence-corrected chi connectivity index (χ1v) is 10.7. The highest BCUT2D eigenvalue weighted by molar-refractivity contribution is 7.17. The van der Waals surface area contributed by atoms with Crippen molar-refractivity contribution in [2.24, 2.45) is 23.7 Å². The zero-order chi connectivity index (χ0) is 21.6. The molecule has 1 saturated carbocycles. The maximum Gasteiger partial charge on any atom is 0.341 e. The van der Waals surface area contributed by atoms with Crippen molar-refractivity contribution in [3.63, 3.8) is 0 Å². The third kappa shape index (κ3) is 3.42. The summed E-state index contributed by atoms with van der Waals surface area (Å²) in [5, 5.41) is 13.4. The SMILES string of the molecule is COC(=O)c1c(NC(=O)[C@@H]2[C@H](C(=O)O)[C@H]3C=C[C@H]2C3)sc(C)c1-c1ccc(Cl)cc1. The molecule has 2 aromatic rings. The second-order valence-corrected chi connectivity index (χ2v) is 9.22. The highest BCUT2D eigenvalue weighted by Gasteiger charge is 2.51. The molecule has 0 aliphatic heterocycles. The molecule has 1 aromatic carbocycles.